The van der Waals surface area contributed by atoms with Crippen LogP contribution >= 0.6 is 11.6 Å². The normalized spacial score (nSPS) is 12.7. The molecule has 2 aromatic carbocycles. The van der Waals surface area contributed by atoms with Gasteiger partial charge in [0.1, 0.15) is 5.82 Å². The summed E-state index contributed by atoms with van der Waals surface area (Å²) in [6, 6.07) is 9.64. The maximum Gasteiger partial charge on any atom is 0.255 e. The van der Waals surface area contributed by atoms with Crippen LogP contribution in [0.5, 0.6) is 0 Å². The van der Waals surface area contributed by atoms with E-state index in [0.29, 0.717) is 0 Å². The van der Waals surface area contributed by atoms with E-state index in [-0.39, 0.29) is 27.4 Å². The van der Waals surface area contributed by atoms with Gasteiger partial charge in [-0.2, -0.15) is 0 Å². The number of carbonyl (C=O) groups excluding carboxylic acids is 1. The largest absolute Gasteiger partial charge is 0.335 e. The summed E-state index contributed by atoms with van der Waals surface area (Å²) < 4.78 is 36.1. The maximum absolute atomic E-state index is 13.1. The lowest BCUT2D eigenvalue weighted by molar-refractivity contribution is 0.0742. The van der Waals surface area contributed by atoms with Crippen molar-refractivity contribution in [2.45, 2.75) is 17.9 Å². The molecule has 0 saturated carbocycles. The van der Waals surface area contributed by atoms with Crippen LogP contribution in [0.15, 0.2) is 47.4 Å². The molecule has 4 nitrogen and oxygen atoms in total. The Morgan fingerprint density at radius 1 is 1.17 bits per heavy atom. The van der Waals surface area contributed by atoms with Crippen LogP contribution in [0.3, 0.4) is 0 Å². The Kier molecular flexibility index (Phi) is 5.30. The summed E-state index contributed by atoms with van der Waals surface area (Å²) in [5, 5.41) is 0.0477. The van der Waals surface area contributed by atoms with Gasteiger partial charge >= 0.3 is 0 Å². The lowest BCUT2D eigenvalue weighted by Gasteiger charge is -2.26. The third kappa shape index (κ3) is 3.94. The fourth-order valence-electron chi connectivity index (χ4n) is 2.25. The van der Waals surface area contributed by atoms with E-state index in [1.54, 1.807) is 19.2 Å². The van der Waals surface area contributed by atoms with Crippen molar-refractivity contribution in [2.24, 2.45) is 0 Å². The number of benzene rings is 2. The first kappa shape index (κ1) is 18.4. The average molecular weight is 370 g/mol. The molecule has 0 aliphatic carbocycles. The number of carbonyl (C=O) groups is 1. The molecule has 2 rings (SSSR count). The second kappa shape index (κ2) is 6.91. The first-order valence-corrected chi connectivity index (χ1v) is 9.40. The van der Waals surface area contributed by atoms with Crippen LogP contribution in [-0.2, 0) is 9.84 Å². The Balaban J connectivity index is 2.25. The lowest BCUT2D eigenvalue weighted by atomic mass is 10.1. The number of rotatable bonds is 4. The molecule has 0 aliphatic heterocycles. The summed E-state index contributed by atoms with van der Waals surface area (Å²) in [4.78, 5) is 14.2. The molecule has 1 unspecified atom stereocenters. The van der Waals surface area contributed by atoms with Crippen LogP contribution in [0.25, 0.3) is 0 Å². The highest BCUT2D eigenvalue weighted by molar-refractivity contribution is 7.90. The van der Waals surface area contributed by atoms with E-state index in [9.17, 15) is 17.6 Å². The number of amides is 1. The highest BCUT2D eigenvalue weighted by Gasteiger charge is 2.21. The Hall–Kier alpha value is -1.92. The van der Waals surface area contributed by atoms with Crippen molar-refractivity contribution in [2.75, 3.05) is 13.3 Å². The van der Waals surface area contributed by atoms with E-state index in [0.717, 1.165) is 17.9 Å². The van der Waals surface area contributed by atoms with Gasteiger partial charge in [0.25, 0.3) is 5.91 Å². The van der Waals surface area contributed by atoms with Crippen molar-refractivity contribution in [1.82, 2.24) is 4.90 Å². The van der Waals surface area contributed by atoms with E-state index in [1.165, 1.54) is 29.2 Å². The van der Waals surface area contributed by atoms with E-state index in [4.69, 9.17) is 11.6 Å². The summed E-state index contributed by atoms with van der Waals surface area (Å²) in [5.74, 6) is -0.858. The SMILES string of the molecule is CC(c1ccc(S(C)(=O)=O)cc1)N(C)C(=O)c1ccc(F)cc1Cl. The van der Waals surface area contributed by atoms with Crippen LogP contribution in [0.4, 0.5) is 4.39 Å². The van der Waals surface area contributed by atoms with Gasteiger partial charge in [0.15, 0.2) is 9.84 Å². The zero-order chi connectivity index (χ0) is 18.1. The molecule has 0 saturated heterocycles. The quantitative estimate of drug-likeness (QED) is 0.825. The van der Waals surface area contributed by atoms with Crippen LogP contribution in [0, 0.1) is 5.82 Å². The van der Waals surface area contributed by atoms with Gasteiger partial charge < -0.3 is 4.90 Å². The summed E-state index contributed by atoms with van der Waals surface area (Å²) >= 11 is 5.94. The van der Waals surface area contributed by atoms with Gasteiger partial charge in [-0.1, -0.05) is 23.7 Å². The van der Waals surface area contributed by atoms with Gasteiger partial charge in [0.05, 0.1) is 21.5 Å². The van der Waals surface area contributed by atoms with Gasteiger partial charge in [-0.3, -0.25) is 4.79 Å². The minimum absolute atomic E-state index is 0.0477. The second-order valence-corrected chi connectivity index (χ2v) is 7.98. The van der Waals surface area contributed by atoms with E-state index >= 15 is 0 Å². The molecule has 0 heterocycles. The van der Waals surface area contributed by atoms with Crippen LogP contribution in [0.2, 0.25) is 5.02 Å². The van der Waals surface area contributed by atoms with Crippen molar-refractivity contribution < 1.29 is 17.6 Å². The minimum atomic E-state index is -3.27. The molecule has 0 radical (unpaired) electrons. The highest BCUT2D eigenvalue weighted by Crippen LogP contribution is 2.25. The molecular formula is C17H17ClFNO3S. The van der Waals surface area contributed by atoms with Crippen LogP contribution in [0.1, 0.15) is 28.9 Å². The molecule has 0 spiro atoms. The van der Waals surface area contributed by atoms with Crippen LogP contribution in [-0.4, -0.2) is 32.5 Å². The molecule has 24 heavy (non-hydrogen) atoms. The molecule has 7 heteroatoms. The smallest absolute Gasteiger partial charge is 0.255 e. The number of halogens is 2. The van der Waals surface area contributed by atoms with Crippen LogP contribution < -0.4 is 0 Å². The topological polar surface area (TPSA) is 54.5 Å². The minimum Gasteiger partial charge on any atom is -0.335 e. The average Bonchev–Trinajstić information content (AvgIpc) is 2.52. The number of hydrogen-bond donors (Lipinski definition) is 0. The van der Waals surface area contributed by atoms with Crippen molar-refractivity contribution in [3.05, 3.63) is 64.4 Å². The van der Waals surface area contributed by atoms with Crippen molar-refractivity contribution >= 4 is 27.3 Å². The van der Waals surface area contributed by atoms with Gasteiger partial charge in [0, 0.05) is 13.3 Å². The number of sulfone groups is 1. The van der Waals surface area contributed by atoms with Gasteiger partial charge in [0.2, 0.25) is 0 Å². The van der Waals surface area contributed by atoms with Gasteiger partial charge in [-0.05, 0) is 42.8 Å². The first-order valence-electron chi connectivity index (χ1n) is 7.13. The summed E-state index contributed by atoms with van der Waals surface area (Å²) in [7, 11) is -1.66. The van der Waals surface area contributed by atoms with Crippen molar-refractivity contribution in [3.8, 4) is 0 Å². The van der Waals surface area contributed by atoms with Crippen molar-refractivity contribution in [3.63, 3.8) is 0 Å². The standard InChI is InChI=1S/C17H17ClFNO3S/c1-11(12-4-7-14(8-5-12)24(3,22)23)20(2)17(21)15-9-6-13(19)10-16(15)18/h4-11H,1-3H3. The predicted octanol–water partition coefficient (Wildman–Crippen LogP) is 3.72. The highest BCUT2D eigenvalue weighted by atomic mass is 35.5. The Bertz CT molecular complexity index is 866. The van der Waals surface area contributed by atoms with E-state index in [1.807, 2.05) is 6.92 Å². The summed E-state index contributed by atoms with van der Waals surface area (Å²) in [5.41, 5.74) is 0.983. The van der Waals surface area contributed by atoms with E-state index in [2.05, 4.69) is 0 Å². The third-order valence-electron chi connectivity index (χ3n) is 3.85. The Labute approximate surface area is 145 Å². The Morgan fingerprint density at radius 2 is 1.75 bits per heavy atom. The first-order chi connectivity index (χ1) is 11.1. The van der Waals surface area contributed by atoms with Crippen molar-refractivity contribution in [1.29, 1.82) is 0 Å². The number of nitrogens with zero attached hydrogens (tertiary/aromatic N) is 1. The summed E-state index contributed by atoms with van der Waals surface area (Å²) in [6.45, 7) is 1.81. The zero-order valence-electron chi connectivity index (χ0n) is 13.5. The zero-order valence-corrected chi connectivity index (χ0v) is 15.0. The molecule has 0 N–H and O–H groups in total. The van der Waals surface area contributed by atoms with Gasteiger partial charge in [-0.25, -0.2) is 12.8 Å². The fourth-order valence-corrected chi connectivity index (χ4v) is 3.12. The monoisotopic (exact) mass is 369 g/mol. The second-order valence-electron chi connectivity index (χ2n) is 5.56. The van der Waals surface area contributed by atoms with Gasteiger partial charge in [-0.15, -0.1) is 0 Å². The molecule has 0 aliphatic rings. The number of hydrogen-bond acceptors (Lipinski definition) is 3. The maximum atomic E-state index is 13.1. The Morgan fingerprint density at radius 3 is 2.25 bits per heavy atom. The third-order valence-corrected chi connectivity index (χ3v) is 5.29. The van der Waals surface area contributed by atoms with E-state index < -0.39 is 15.7 Å². The molecule has 0 fully saturated rings. The predicted molar refractivity (Wildman–Crippen MR) is 91.5 cm³/mol. The molecule has 128 valence electrons. The molecule has 1 amide bonds. The lowest BCUT2D eigenvalue weighted by Crippen LogP contribution is -2.30. The summed E-state index contributed by atoms with van der Waals surface area (Å²) in [6.07, 6.45) is 1.14. The molecule has 0 aromatic heterocycles. The molecule has 2 aromatic rings. The molecule has 1 atom stereocenters. The fraction of sp³-hybridized carbons (Fsp3) is 0.235. The molecule has 0 bridgehead atoms. The molecular weight excluding hydrogens is 353 g/mol.